The summed E-state index contributed by atoms with van der Waals surface area (Å²) in [7, 11) is 1.61. The highest BCUT2D eigenvalue weighted by atomic mass is 16.5. The van der Waals surface area contributed by atoms with Crippen molar-refractivity contribution in [3.05, 3.63) is 23.8 Å². The number of nitrogens with zero attached hydrogens (tertiary/aromatic N) is 1. The van der Waals surface area contributed by atoms with Crippen LogP contribution in [0.2, 0.25) is 0 Å². The maximum atomic E-state index is 13.3. The van der Waals surface area contributed by atoms with E-state index in [1.54, 1.807) is 12.0 Å². The minimum Gasteiger partial charge on any atom is -0.497 e. The van der Waals surface area contributed by atoms with Crippen LogP contribution in [0.4, 0.5) is 0 Å². The molecule has 4 rings (SSSR count). The lowest BCUT2D eigenvalue weighted by molar-refractivity contribution is -0.152. The Balaban J connectivity index is 1.57. The molecule has 1 amide bonds. The lowest BCUT2D eigenvalue weighted by Gasteiger charge is -2.36. The molecule has 6 nitrogen and oxygen atoms in total. The lowest BCUT2D eigenvalue weighted by atomic mass is 9.84. The van der Waals surface area contributed by atoms with Crippen molar-refractivity contribution in [2.75, 3.05) is 13.7 Å². The standard InChI is InChI=1S/C20H25NO5/c1-25-15-6-7-18-13(9-15)8-14(11-26-18)19(22)21-16-5-3-2-4-12(16)10-17(21)20(23)24/h6-7,9,12,14,16-17H,2-5,8,10-11H2,1H3,(H,23,24). The Morgan fingerprint density at radius 2 is 2.08 bits per heavy atom. The van der Waals surface area contributed by atoms with E-state index < -0.39 is 12.0 Å². The van der Waals surface area contributed by atoms with Crippen LogP contribution in [0.1, 0.15) is 37.7 Å². The molecular weight excluding hydrogens is 334 g/mol. The molecule has 2 aliphatic heterocycles. The van der Waals surface area contributed by atoms with Gasteiger partial charge < -0.3 is 19.5 Å². The van der Waals surface area contributed by atoms with Gasteiger partial charge in [-0.05, 0) is 55.4 Å². The molecule has 4 atom stereocenters. The summed E-state index contributed by atoms with van der Waals surface area (Å²) in [6.45, 7) is 0.304. The topological polar surface area (TPSA) is 76.1 Å². The molecule has 1 aromatic rings. The number of likely N-dealkylation sites (tertiary alicyclic amines) is 1. The van der Waals surface area contributed by atoms with Gasteiger partial charge in [-0.25, -0.2) is 4.79 Å². The number of carbonyl (C=O) groups excluding carboxylic acids is 1. The Kier molecular flexibility index (Phi) is 4.51. The second-order valence-electron chi connectivity index (χ2n) is 7.63. The van der Waals surface area contributed by atoms with Gasteiger partial charge in [0.05, 0.1) is 13.0 Å². The zero-order valence-electron chi connectivity index (χ0n) is 15.0. The van der Waals surface area contributed by atoms with Gasteiger partial charge in [-0.3, -0.25) is 4.79 Å². The molecule has 1 aromatic carbocycles. The van der Waals surface area contributed by atoms with Crippen LogP contribution < -0.4 is 9.47 Å². The summed E-state index contributed by atoms with van der Waals surface area (Å²) in [5.41, 5.74) is 0.945. The van der Waals surface area contributed by atoms with Crippen LogP contribution >= 0.6 is 0 Å². The van der Waals surface area contributed by atoms with Crippen molar-refractivity contribution in [2.24, 2.45) is 11.8 Å². The quantitative estimate of drug-likeness (QED) is 0.897. The number of rotatable bonds is 3. The van der Waals surface area contributed by atoms with Crippen molar-refractivity contribution < 1.29 is 24.2 Å². The van der Waals surface area contributed by atoms with E-state index in [4.69, 9.17) is 9.47 Å². The van der Waals surface area contributed by atoms with Crippen molar-refractivity contribution in [3.8, 4) is 11.5 Å². The Morgan fingerprint density at radius 1 is 1.27 bits per heavy atom. The van der Waals surface area contributed by atoms with E-state index in [9.17, 15) is 14.7 Å². The molecule has 4 unspecified atom stereocenters. The zero-order valence-corrected chi connectivity index (χ0v) is 15.0. The van der Waals surface area contributed by atoms with E-state index >= 15 is 0 Å². The van der Waals surface area contributed by atoms with Crippen molar-refractivity contribution in [1.82, 2.24) is 4.90 Å². The fraction of sp³-hybridized carbons (Fsp3) is 0.600. The second-order valence-corrected chi connectivity index (χ2v) is 7.63. The highest BCUT2D eigenvalue weighted by Crippen LogP contribution is 2.41. The van der Waals surface area contributed by atoms with Crippen molar-refractivity contribution in [3.63, 3.8) is 0 Å². The third-order valence-corrected chi connectivity index (χ3v) is 6.15. The summed E-state index contributed by atoms with van der Waals surface area (Å²) in [4.78, 5) is 26.8. The first kappa shape index (κ1) is 17.2. The van der Waals surface area contributed by atoms with Gasteiger partial charge in [0.2, 0.25) is 5.91 Å². The molecule has 1 N–H and O–H groups in total. The molecule has 0 radical (unpaired) electrons. The molecule has 1 saturated carbocycles. The minimum absolute atomic E-state index is 0.0692. The summed E-state index contributed by atoms with van der Waals surface area (Å²) in [5, 5.41) is 9.66. The smallest absolute Gasteiger partial charge is 0.326 e. The molecule has 6 heteroatoms. The lowest BCUT2D eigenvalue weighted by Crippen LogP contribution is -2.50. The second kappa shape index (κ2) is 6.82. The first-order chi connectivity index (χ1) is 12.6. The average molecular weight is 359 g/mol. The van der Waals surface area contributed by atoms with Crippen LogP contribution in [0.15, 0.2) is 18.2 Å². The number of amides is 1. The number of methoxy groups -OCH3 is 1. The molecule has 3 aliphatic rings. The highest BCUT2D eigenvalue weighted by molar-refractivity contribution is 5.86. The number of ether oxygens (including phenoxy) is 2. The number of hydrogen-bond donors (Lipinski definition) is 1. The number of aliphatic carboxylic acids is 1. The Labute approximate surface area is 153 Å². The third-order valence-electron chi connectivity index (χ3n) is 6.15. The van der Waals surface area contributed by atoms with E-state index in [2.05, 4.69) is 0 Å². The molecule has 1 aliphatic carbocycles. The SMILES string of the molecule is COc1ccc2c(c1)CC(C(=O)N1C(C(=O)O)CC3CCCCC31)CO2. The van der Waals surface area contributed by atoms with E-state index in [-0.39, 0.29) is 17.9 Å². The van der Waals surface area contributed by atoms with Crippen LogP contribution in [-0.4, -0.2) is 47.7 Å². The van der Waals surface area contributed by atoms with Crippen LogP contribution in [-0.2, 0) is 16.0 Å². The van der Waals surface area contributed by atoms with Gasteiger partial charge >= 0.3 is 5.97 Å². The predicted molar refractivity (Wildman–Crippen MR) is 94.3 cm³/mol. The number of fused-ring (bicyclic) bond motifs is 2. The van der Waals surface area contributed by atoms with Gasteiger partial charge in [0.25, 0.3) is 0 Å². The number of hydrogen-bond acceptors (Lipinski definition) is 4. The number of carboxylic acid groups (broad SMARTS) is 1. The number of benzene rings is 1. The molecule has 0 spiro atoms. The maximum absolute atomic E-state index is 13.3. The van der Waals surface area contributed by atoms with E-state index in [0.717, 1.165) is 42.7 Å². The summed E-state index contributed by atoms with van der Waals surface area (Å²) < 4.78 is 11.1. The average Bonchev–Trinajstić information content (AvgIpc) is 3.06. The largest absolute Gasteiger partial charge is 0.497 e. The predicted octanol–water partition coefficient (Wildman–Crippen LogP) is 2.49. The van der Waals surface area contributed by atoms with Gasteiger partial charge in [-0.15, -0.1) is 0 Å². The Hall–Kier alpha value is -2.24. The zero-order chi connectivity index (χ0) is 18.3. The third kappa shape index (κ3) is 2.91. The summed E-state index contributed by atoms with van der Waals surface area (Å²) in [6, 6.07) is 4.99. The maximum Gasteiger partial charge on any atom is 0.326 e. The molecule has 26 heavy (non-hydrogen) atoms. The van der Waals surface area contributed by atoms with Crippen molar-refractivity contribution >= 4 is 11.9 Å². The van der Waals surface area contributed by atoms with Crippen molar-refractivity contribution in [1.29, 1.82) is 0 Å². The number of carbonyl (C=O) groups is 2. The van der Waals surface area contributed by atoms with Crippen LogP contribution in [0.3, 0.4) is 0 Å². The molecule has 140 valence electrons. The molecule has 1 saturated heterocycles. The first-order valence-corrected chi connectivity index (χ1v) is 9.43. The monoisotopic (exact) mass is 359 g/mol. The van der Waals surface area contributed by atoms with Crippen LogP contribution in [0.25, 0.3) is 0 Å². The van der Waals surface area contributed by atoms with Gasteiger partial charge in [0, 0.05) is 6.04 Å². The molecular formula is C20H25NO5. The Bertz CT molecular complexity index is 718. The van der Waals surface area contributed by atoms with Crippen molar-refractivity contribution in [2.45, 2.75) is 50.6 Å². The first-order valence-electron chi connectivity index (χ1n) is 9.43. The van der Waals surface area contributed by atoms with Crippen LogP contribution in [0.5, 0.6) is 11.5 Å². The van der Waals surface area contributed by atoms with Gasteiger partial charge in [0.1, 0.15) is 24.1 Å². The molecule has 0 bridgehead atoms. The summed E-state index contributed by atoms with van der Waals surface area (Å²) >= 11 is 0. The normalized spacial score (nSPS) is 30.1. The van der Waals surface area contributed by atoms with E-state index in [0.29, 0.717) is 25.4 Å². The highest BCUT2D eigenvalue weighted by Gasteiger charge is 2.49. The van der Waals surface area contributed by atoms with Gasteiger partial charge in [0.15, 0.2) is 0 Å². The fourth-order valence-corrected chi connectivity index (χ4v) is 4.86. The minimum atomic E-state index is -0.883. The fourth-order valence-electron chi connectivity index (χ4n) is 4.86. The molecule has 0 aromatic heterocycles. The number of carboxylic acids is 1. The molecule has 2 fully saturated rings. The summed E-state index contributed by atoms with van der Waals surface area (Å²) in [6.07, 6.45) is 5.29. The Morgan fingerprint density at radius 3 is 2.85 bits per heavy atom. The van der Waals surface area contributed by atoms with Gasteiger partial charge in [-0.2, -0.15) is 0 Å². The van der Waals surface area contributed by atoms with E-state index in [1.807, 2.05) is 18.2 Å². The summed E-state index contributed by atoms with van der Waals surface area (Å²) in [5.74, 6) is 0.550. The van der Waals surface area contributed by atoms with Gasteiger partial charge in [-0.1, -0.05) is 12.8 Å². The van der Waals surface area contributed by atoms with E-state index in [1.165, 1.54) is 0 Å². The van der Waals surface area contributed by atoms with Crippen LogP contribution in [0, 0.1) is 11.8 Å². The molecule has 2 heterocycles.